The van der Waals surface area contributed by atoms with Crippen LogP contribution in [0.25, 0.3) is 0 Å². The minimum absolute atomic E-state index is 0.0934. The van der Waals surface area contributed by atoms with Gasteiger partial charge in [-0.15, -0.1) is 0 Å². The molecule has 9 nitrogen and oxygen atoms in total. The Morgan fingerprint density at radius 3 is 1.75 bits per heavy atom. The molecule has 2 aromatic carbocycles. The third-order valence-corrected chi connectivity index (χ3v) is 5.75. The van der Waals surface area contributed by atoms with Crippen LogP contribution in [0.2, 0.25) is 0 Å². The molecule has 186 valence electrons. The second-order valence-corrected chi connectivity index (χ2v) is 8.18. The van der Waals surface area contributed by atoms with E-state index in [2.05, 4.69) is 13.2 Å². The molecule has 0 bridgehead atoms. The SMILES string of the molecule is C=CC(=O)Cc1ccc(C(=O)O[C@@H]2CO[C@H]3[C@@H]2OC[C@H]3OC(=O)c2ccc(OC(=O)C=C)cc2)cc1. The molecule has 36 heavy (non-hydrogen) atoms. The number of esters is 3. The lowest BCUT2D eigenvalue weighted by atomic mass is 10.1. The van der Waals surface area contributed by atoms with Crippen molar-refractivity contribution in [2.24, 2.45) is 0 Å². The van der Waals surface area contributed by atoms with Crippen LogP contribution in [0.3, 0.4) is 0 Å². The third-order valence-electron chi connectivity index (χ3n) is 5.75. The normalized spacial score (nSPS) is 22.2. The number of ketones is 1. The molecule has 0 N–H and O–H groups in total. The summed E-state index contributed by atoms with van der Waals surface area (Å²) in [7, 11) is 0. The van der Waals surface area contributed by atoms with Crippen molar-refractivity contribution in [1.82, 2.24) is 0 Å². The van der Waals surface area contributed by atoms with Crippen LogP contribution in [-0.4, -0.2) is 61.3 Å². The van der Waals surface area contributed by atoms with E-state index in [9.17, 15) is 19.2 Å². The molecule has 0 unspecified atom stereocenters. The molecule has 0 aliphatic carbocycles. The fourth-order valence-electron chi connectivity index (χ4n) is 3.89. The summed E-state index contributed by atoms with van der Waals surface area (Å²) in [4.78, 5) is 47.9. The van der Waals surface area contributed by atoms with Gasteiger partial charge in [0.25, 0.3) is 0 Å². The number of carbonyl (C=O) groups is 4. The Hall–Kier alpha value is -4.08. The van der Waals surface area contributed by atoms with Gasteiger partial charge in [-0.25, -0.2) is 14.4 Å². The smallest absolute Gasteiger partial charge is 0.338 e. The summed E-state index contributed by atoms with van der Waals surface area (Å²) in [6.07, 6.45) is 0.0152. The molecule has 0 amide bonds. The predicted molar refractivity (Wildman–Crippen MR) is 126 cm³/mol. The fraction of sp³-hybridized carbons (Fsp3) is 0.259. The number of benzene rings is 2. The molecule has 2 saturated heterocycles. The number of rotatable bonds is 9. The Morgan fingerprint density at radius 2 is 1.28 bits per heavy atom. The maximum absolute atomic E-state index is 12.6. The van der Waals surface area contributed by atoms with Crippen molar-refractivity contribution in [2.45, 2.75) is 30.8 Å². The minimum Gasteiger partial charge on any atom is -0.453 e. The van der Waals surface area contributed by atoms with Gasteiger partial charge in [-0.05, 0) is 48.0 Å². The number of allylic oxidation sites excluding steroid dienone is 1. The zero-order valence-electron chi connectivity index (χ0n) is 19.3. The van der Waals surface area contributed by atoms with Gasteiger partial charge in [0, 0.05) is 12.5 Å². The quantitative estimate of drug-likeness (QED) is 0.296. The molecule has 0 saturated carbocycles. The lowest BCUT2D eigenvalue weighted by Crippen LogP contribution is -2.36. The monoisotopic (exact) mass is 492 g/mol. The average molecular weight is 492 g/mol. The summed E-state index contributed by atoms with van der Waals surface area (Å²) >= 11 is 0. The number of hydrogen-bond donors (Lipinski definition) is 0. The van der Waals surface area contributed by atoms with Crippen LogP contribution in [0.5, 0.6) is 5.75 Å². The molecule has 9 heteroatoms. The van der Waals surface area contributed by atoms with Gasteiger partial charge >= 0.3 is 17.9 Å². The van der Waals surface area contributed by atoms with E-state index in [-0.39, 0.29) is 36.7 Å². The summed E-state index contributed by atoms with van der Waals surface area (Å²) in [6.45, 7) is 6.96. The molecule has 2 aromatic rings. The van der Waals surface area contributed by atoms with Crippen LogP contribution in [0.1, 0.15) is 26.3 Å². The van der Waals surface area contributed by atoms with E-state index in [0.717, 1.165) is 11.6 Å². The number of hydrogen-bond acceptors (Lipinski definition) is 9. The van der Waals surface area contributed by atoms with E-state index in [4.69, 9.17) is 23.7 Å². The van der Waals surface area contributed by atoms with Crippen molar-refractivity contribution in [3.63, 3.8) is 0 Å². The van der Waals surface area contributed by atoms with E-state index in [0.29, 0.717) is 5.56 Å². The molecule has 0 spiro atoms. The Labute approximate surface area is 207 Å². The lowest BCUT2D eigenvalue weighted by Gasteiger charge is -2.17. The largest absolute Gasteiger partial charge is 0.453 e. The molecular formula is C27H24O9. The summed E-state index contributed by atoms with van der Waals surface area (Å²) in [6, 6.07) is 12.4. The highest BCUT2D eigenvalue weighted by molar-refractivity contribution is 5.92. The van der Waals surface area contributed by atoms with Crippen LogP contribution in [-0.2, 0) is 35.0 Å². The van der Waals surface area contributed by atoms with Gasteiger partial charge in [-0.2, -0.15) is 0 Å². The Morgan fingerprint density at radius 1 is 0.778 bits per heavy atom. The zero-order chi connectivity index (χ0) is 25.7. The second kappa shape index (κ2) is 11.1. The first-order chi connectivity index (χ1) is 17.4. The summed E-state index contributed by atoms with van der Waals surface area (Å²) in [5, 5.41) is 0. The van der Waals surface area contributed by atoms with E-state index in [1.165, 1.54) is 30.3 Å². The van der Waals surface area contributed by atoms with Gasteiger partial charge in [-0.1, -0.05) is 25.3 Å². The van der Waals surface area contributed by atoms with Crippen LogP contribution >= 0.6 is 0 Å². The van der Waals surface area contributed by atoms with Gasteiger partial charge < -0.3 is 23.7 Å². The van der Waals surface area contributed by atoms with Crippen molar-refractivity contribution in [3.8, 4) is 5.75 Å². The van der Waals surface area contributed by atoms with E-state index < -0.39 is 42.3 Å². The van der Waals surface area contributed by atoms with E-state index >= 15 is 0 Å². The van der Waals surface area contributed by atoms with Crippen LogP contribution in [0, 0.1) is 0 Å². The number of fused-ring (bicyclic) bond motifs is 1. The highest BCUT2D eigenvalue weighted by Crippen LogP contribution is 2.31. The molecule has 2 heterocycles. The summed E-state index contributed by atoms with van der Waals surface area (Å²) < 4.78 is 27.6. The van der Waals surface area contributed by atoms with Crippen LogP contribution in [0.15, 0.2) is 73.8 Å². The van der Waals surface area contributed by atoms with Gasteiger partial charge in [0.1, 0.15) is 18.0 Å². The standard InChI is InChI=1S/C27H24O9/c1-3-19(28)13-16-5-7-17(8-6-16)26(30)35-21-14-32-25-22(15-33-24(21)25)36-27(31)18-9-11-20(12-10-18)34-23(29)4-2/h3-12,21-22,24-25H,1-2,13-15H2/t21-,22-,24-,25-/m1/s1. The summed E-state index contributed by atoms with van der Waals surface area (Å²) in [5.41, 5.74) is 1.35. The Kier molecular flexibility index (Phi) is 7.72. The van der Waals surface area contributed by atoms with Crippen molar-refractivity contribution < 1.29 is 42.9 Å². The molecule has 4 atom stereocenters. The van der Waals surface area contributed by atoms with Gasteiger partial charge in [-0.3, -0.25) is 4.79 Å². The highest BCUT2D eigenvalue weighted by atomic mass is 16.7. The van der Waals surface area contributed by atoms with Crippen molar-refractivity contribution in [2.75, 3.05) is 13.2 Å². The Bertz CT molecular complexity index is 1070. The molecular weight excluding hydrogens is 468 g/mol. The second-order valence-electron chi connectivity index (χ2n) is 8.18. The van der Waals surface area contributed by atoms with Gasteiger partial charge in [0.2, 0.25) is 0 Å². The van der Waals surface area contributed by atoms with Crippen LogP contribution in [0.4, 0.5) is 0 Å². The molecule has 2 aliphatic rings. The minimum atomic E-state index is -0.675. The number of carbonyl (C=O) groups excluding carboxylic acids is 4. The highest BCUT2D eigenvalue weighted by Gasteiger charge is 2.51. The zero-order valence-corrected chi connectivity index (χ0v) is 19.3. The van der Waals surface area contributed by atoms with E-state index in [1.807, 2.05) is 0 Å². The van der Waals surface area contributed by atoms with Crippen molar-refractivity contribution >= 4 is 23.7 Å². The lowest BCUT2D eigenvalue weighted by molar-refractivity contribution is -0.129. The first kappa shape index (κ1) is 25.0. The number of ether oxygens (including phenoxy) is 5. The average Bonchev–Trinajstić information content (AvgIpc) is 3.47. The molecule has 4 rings (SSSR count). The molecule has 0 radical (unpaired) electrons. The van der Waals surface area contributed by atoms with Gasteiger partial charge in [0.05, 0.1) is 24.3 Å². The summed E-state index contributed by atoms with van der Waals surface area (Å²) in [5.74, 6) is -1.59. The molecule has 0 aromatic heterocycles. The van der Waals surface area contributed by atoms with Crippen molar-refractivity contribution in [3.05, 3.63) is 90.5 Å². The van der Waals surface area contributed by atoms with Gasteiger partial charge in [0.15, 0.2) is 18.0 Å². The maximum atomic E-state index is 12.6. The Balaban J connectivity index is 1.30. The molecule has 2 aliphatic heterocycles. The topological polar surface area (TPSA) is 114 Å². The third kappa shape index (κ3) is 5.76. The maximum Gasteiger partial charge on any atom is 0.338 e. The first-order valence-corrected chi connectivity index (χ1v) is 11.2. The first-order valence-electron chi connectivity index (χ1n) is 11.2. The fourth-order valence-corrected chi connectivity index (χ4v) is 3.89. The van der Waals surface area contributed by atoms with E-state index in [1.54, 1.807) is 24.3 Å². The molecule has 2 fully saturated rings. The predicted octanol–water partition coefficient (Wildman–Crippen LogP) is 2.62. The van der Waals surface area contributed by atoms with Crippen LogP contribution < -0.4 is 4.74 Å². The van der Waals surface area contributed by atoms with Crippen molar-refractivity contribution in [1.29, 1.82) is 0 Å².